The summed E-state index contributed by atoms with van der Waals surface area (Å²) in [5.74, 6) is -2.90. The third-order valence-electron chi connectivity index (χ3n) is 4.97. The molecular weight excluding hydrogens is 378 g/mol. The summed E-state index contributed by atoms with van der Waals surface area (Å²) in [6, 6.07) is 2.85. The van der Waals surface area contributed by atoms with Gasteiger partial charge in [-0.2, -0.15) is 0 Å². The fourth-order valence-corrected chi connectivity index (χ4v) is 3.45. The van der Waals surface area contributed by atoms with Gasteiger partial charge in [0.25, 0.3) is 11.8 Å². The first-order chi connectivity index (χ1) is 13.9. The van der Waals surface area contributed by atoms with Crippen LogP contribution in [0.2, 0.25) is 0 Å². The highest BCUT2D eigenvalue weighted by Crippen LogP contribution is 2.34. The molecule has 2 aliphatic heterocycles. The second-order valence-corrected chi connectivity index (χ2v) is 7.11. The van der Waals surface area contributed by atoms with Crippen LogP contribution >= 0.6 is 0 Å². The van der Waals surface area contributed by atoms with Crippen LogP contribution in [0.1, 0.15) is 77.6 Å². The second-order valence-electron chi connectivity index (χ2n) is 7.11. The number of piperidine rings is 1. The van der Waals surface area contributed by atoms with E-state index < -0.39 is 29.7 Å². The molecule has 0 aliphatic carbocycles. The summed E-state index contributed by atoms with van der Waals surface area (Å²) in [6.45, 7) is 2.52. The molecule has 1 aromatic carbocycles. The zero-order chi connectivity index (χ0) is 21.0. The van der Waals surface area contributed by atoms with Crippen molar-refractivity contribution in [2.45, 2.75) is 51.4 Å². The molecule has 1 aromatic rings. The Morgan fingerprint density at radius 3 is 2.62 bits per heavy atom. The predicted octanol–water partition coefficient (Wildman–Crippen LogP) is 1.76. The van der Waals surface area contributed by atoms with E-state index >= 15 is 0 Å². The van der Waals surface area contributed by atoms with Crippen molar-refractivity contribution < 1.29 is 28.7 Å². The highest BCUT2D eigenvalue weighted by molar-refractivity contribution is 6.23. The fraction of sp³-hybridized carbons (Fsp3) is 0.450. The first-order valence-electron chi connectivity index (χ1n) is 9.73. The monoisotopic (exact) mass is 401 g/mol. The fourth-order valence-electron chi connectivity index (χ4n) is 3.45. The minimum absolute atomic E-state index is 0.0350. The number of hydrogen-bond acceptors (Lipinski definition) is 6. The van der Waals surface area contributed by atoms with Crippen LogP contribution in [0.5, 0.6) is 5.75 Å². The number of fused-ring (bicyclic) bond motifs is 1. The minimum atomic E-state index is -0.740. The van der Waals surface area contributed by atoms with E-state index in [0.29, 0.717) is 12.1 Å². The van der Waals surface area contributed by atoms with Crippen molar-refractivity contribution in [1.82, 2.24) is 16.0 Å². The number of amides is 5. The number of hydrogen-bond donors (Lipinski definition) is 3. The molecule has 154 valence electrons. The smallest absolute Gasteiger partial charge is 0.409 e. The molecule has 3 rings (SSSR count). The number of ether oxygens (including phenoxy) is 1. The summed E-state index contributed by atoms with van der Waals surface area (Å²) in [6.07, 6.45) is 3.61. The summed E-state index contributed by atoms with van der Waals surface area (Å²) in [5, 5.41) is 7.04. The number of carbonyl (C=O) groups excluding carboxylic acids is 5. The van der Waals surface area contributed by atoms with Crippen molar-refractivity contribution in [2.75, 3.05) is 6.54 Å². The molecule has 1 unspecified atom stereocenters. The zero-order valence-electron chi connectivity index (χ0n) is 16.1. The van der Waals surface area contributed by atoms with Gasteiger partial charge in [0, 0.05) is 13.0 Å². The summed E-state index contributed by atoms with van der Waals surface area (Å²) >= 11 is 0. The average molecular weight is 401 g/mol. The van der Waals surface area contributed by atoms with Crippen molar-refractivity contribution in [1.29, 1.82) is 0 Å². The van der Waals surface area contributed by atoms with Crippen molar-refractivity contribution in [3.05, 3.63) is 28.8 Å². The van der Waals surface area contributed by atoms with Gasteiger partial charge in [-0.25, -0.2) is 4.79 Å². The lowest BCUT2D eigenvalue weighted by molar-refractivity contribution is -0.134. The largest absolute Gasteiger partial charge is 0.412 e. The normalized spacial score (nSPS) is 18.2. The molecule has 2 aliphatic rings. The van der Waals surface area contributed by atoms with Crippen molar-refractivity contribution in [3.63, 3.8) is 0 Å². The summed E-state index contributed by atoms with van der Waals surface area (Å²) in [4.78, 5) is 60.0. The highest BCUT2D eigenvalue weighted by Gasteiger charge is 2.35. The molecule has 0 bridgehead atoms. The van der Waals surface area contributed by atoms with Crippen molar-refractivity contribution in [3.8, 4) is 5.75 Å². The summed E-state index contributed by atoms with van der Waals surface area (Å²) in [5.41, 5.74) is 0.416. The standard InChI is InChI=1S/C20H23N3O6/c1-2-3-4-5-8-21-20(28)29-14-10-11(12-6-7-15(24)22-17(12)25)9-13-16(14)19(27)23-18(13)26/h9-10,12H,2-8H2,1H3,(H,21,28)(H,22,24,25)(H,23,26,27). The Kier molecular flexibility index (Phi) is 6.26. The molecule has 0 aromatic heterocycles. The van der Waals surface area contributed by atoms with Gasteiger partial charge in [-0.3, -0.25) is 29.8 Å². The Morgan fingerprint density at radius 1 is 1.10 bits per heavy atom. The number of unbranched alkanes of at least 4 members (excludes halogenated alkanes) is 3. The lowest BCUT2D eigenvalue weighted by Crippen LogP contribution is -2.39. The Bertz CT molecular complexity index is 879. The third kappa shape index (κ3) is 4.61. The Balaban J connectivity index is 1.81. The molecule has 0 radical (unpaired) electrons. The zero-order valence-corrected chi connectivity index (χ0v) is 16.1. The third-order valence-corrected chi connectivity index (χ3v) is 4.97. The molecule has 29 heavy (non-hydrogen) atoms. The first-order valence-corrected chi connectivity index (χ1v) is 9.73. The average Bonchev–Trinajstić information content (AvgIpc) is 2.95. The molecule has 2 heterocycles. The summed E-state index contributed by atoms with van der Waals surface area (Å²) in [7, 11) is 0. The van der Waals surface area contributed by atoms with E-state index in [1.54, 1.807) is 0 Å². The Labute approximate surface area is 167 Å². The van der Waals surface area contributed by atoms with E-state index in [1.807, 2.05) is 0 Å². The van der Waals surface area contributed by atoms with Crippen LogP contribution in [0, 0.1) is 0 Å². The SMILES string of the molecule is CCCCCCNC(=O)Oc1cc(C2CCC(=O)NC2=O)cc2c1C(=O)NC2=O. The molecule has 0 saturated carbocycles. The molecule has 5 amide bonds. The van der Waals surface area contributed by atoms with E-state index in [-0.39, 0.29) is 35.6 Å². The minimum Gasteiger partial charge on any atom is -0.409 e. The van der Waals surface area contributed by atoms with E-state index in [9.17, 15) is 24.0 Å². The van der Waals surface area contributed by atoms with Gasteiger partial charge < -0.3 is 10.1 Å². The number of benzene rings is 1. The molecule has 9 nitrogen and oxygen atoms in total. The van der Waals surface area contributed by atoms with Crippen LogP contribution in [0.4, 0.5) is 4.79 Å². The predicted molar refractivity (Wildman–Crippen MR) is 102 cm³/mol. The van der Waals surface area contributed by atoms with Crippen LogP contribution in [-0.2, 0) is 9.59 Å². The van der Waals surface area contributed by atoms with Gasteiger partial charge in [0.05, 0.1) is 17.0 Å². The molecule has 1 atom stereocenters. The quantitative estimate of drug-likeness (QED) is 0.471. The number of nitrogens with one attached hydrogen (secondary N) is 3. The Morgan fingerprint density at radius 2 is 1.90 bits per heavy atom. The number of carbonyl (C=O) groups is 5. The number of imide groups is 2. The first kappa shape index (κ1) is 20.5. The van der Waals surface area contributed by atoms with E-state index in [0.717, 1.165) is 25.7 Å². The number of rotatable bonds is 7. The van der Waals surface area contributed by atoms with Crippen LogP contribution < -0.4 is 20.7 Å². The van der Waals surface area contributed by atoms with E-state index in [4.69, 9.17) is 4.74 Å². The van der Waals surface area contributed by atoms with Gasteiger partial charge in [0.15, 0.2) is 0 Å². The molecule has 1 fully saturated rings. The molecule has 3 N–H and O–H groups in total. The highest BCUT2D eigenvalue weighted by atomic mass is 16.6. The second kappa shape index (κ2) is 8.85. The topological polar surface area (TPSA) is 131 Å². The molecular formula is C20H23N3O6. The molecule has 1 saturated heterocycles. The van der Waals surface area contributed by atoms with Gasteiger partial charge in [0.2, 0.25) is 11.8 Å². The van der Waals surface area contributed by atoms with Crippen molar-refractivity contribution in [2.24, 2.45) is 0 Å². The maximum absolute atomic E-state index is 12.2. The Hall–Kier alpha value is -3.23. The van der Waals surface area contributed by atoms with Gasteiger partial charge in [0.1, 0.15) is 5.75 Å². The van der Waals surface area contributed by atoms with Gasteiger partial charge >= 0.3 is 6.09 Å². The summed E-state index contributed by atoms with van der Waals surface area (Å²) < 4.78 is 5.31. The lowest BCUT2D eigenvalue weighted by atomic mass is 9.88. The van der Waals surface area contributed by atoms with Crippen LogP contribution in [0.25, 0.3) is 0 Å². The van der Waals surface area contributed by atoms with Crippen LogP contribution in [-0.4, -0.2) is 36.3 Å². The molecule has 0 spiro atoms. The maximum Gasteiger partial charge on any atom is 0.412 e. The lowest BCUT2D eigenvalue weighted by Gasteiger charge is -2.22. The van der Waals surface area contributed by atoms with Crippen molar-refractivity contribution >= 4 is 29.7 Å². The van der Waals surface area contributed by atoms with Crippen LogP contribution in [0.15, 0.2) is 12.1 Å². The van der Waals surface area contributed by atoms with E-state index in [1.165, 1.54) is 12.1 Å². The maximum atomic E-state index is 12.2. The molecule has 9 heteroatoms. The van der Waals surface area contributed by atoms with Gasteiger partial charge in [-0.05, 0) is 30.5 Å². The van der Waals surface area contributed by atoms with Gasteiger partial charge in [-0.1, -0.05) is 26.2 Å². The van der Waals surface area contributed by atoms with E-state index in [2.05, 4.69) is 22.9 Å². The van der Waals surface area contributed by atoms with Gasteiger partial charge in [-0.15, -0.1) is 0 Å². The van der Waals surface area contributed by atoms with Crippen LogP contribution in [0.3, 0.4) is 0 Å².